The molecule has 0 unspecified atom stereocenters. The van der Waals surface area contributed by atoms with E-state index in [0.717, 1.165) is 11.8 Å². The van der Waals surface area contributed by atoms with Gasteiger partial charge in [0, 0.05) is 26.9 Å². The highest BCUT2D eigenvalue weighted by Crippen LogP contribution is 2.25. The second-order valence-corrected chi connectivity index (χ2v) is 18.1. The zero-order valence-electron chi connectivity index (χ0n) is 40.9. The topological polar surface area (TPSA) is 427 Å². The largest absolute Gasteiger partial charge is 0.394 e. The molecule has 402 valence electrons. The van der Waals surface area contributed by atoms with Crippen molar-refractivity contribution < 1.29 is 88.1 Å². The zero-order valence-corrected chi connectivity index (χ0v) is 40.9. The maximum atomic E-state index is 14.0. The number of carbonyl (C=O) groups excluding carboxylic acids is 10. The van der Waals surface area contributed by atoms with Crippen LogP contribution in [0.15, 0.2) is 0 Å². The van der Waals surface area contributed by atoms with Crippen molar-refractivity contribution in [2.24, 2.45) is 11.7 Å². The molecular formula is C43H72N10O18. The van der Waals surface area contributed by atoms with Gasteiger partial charge in [-0.2, -0.15) is 0 Å². The molecule has 0 radical (unpaired) electrons. The fourth-order valence-electron chi connectivity index (χ4n) is 8.40. The number of rotatable bonds is 24. The van der Waals surface area contributed by atoms with Crippen molar-refractivity contribution in [2.45, 2.75) is 172 Å². The molecule has 3 aliphatic heterocycles. The number of likely N-dealkylation sites (tertiary alicyclic amines) is 2. The quantitative estimate of drug-likeness (QED) is 0.0427. The lowest BCUT2D eigenvalue weighted by molar-refractivity contribution is -0.281. The minimum atomic E-state index is -1.73. The molecule has 71 heavy (non-hydrogen) atoms. The molecular weight excluding hydrogens is 945 g/mol. The Hall–Kier alpha value is -5.62. The van der Waals surface area contributed by atoms with E-state index in [1.54, 1.807) is 13.8 Å². The van der Waals surface area contributed by atoms with E-state index in [4.69, 9.17) is 15.2 Å². The fraction of sp³-hybridized carbons (Fsp3) is 0.767. The van der Waals surface area contributed by atoms with Crippen LogP contribution in [-0.2, 0) is 57.4 Å². The summed E-state index contributed by atoms with van der Waals surface area (Å²) in [6.45, 7) is 7.02. The molecule has 28 heteroatoms. The van der Waals surface area contributed by atoms with Crippen LogP contribution in [0.4, 0.5) is 0 Å². The number of aliphatic hydroxyl groups is 6. The molecule has 0 aromatic carbocycles. The Kier molecular flexibility index (Phi) is 22.9. The maximum Gasteiger partial charge on any atom is 0.248 e. The third-order valence-electron chi connectivity index (χ3n) is 12.6. The van der Waals surface area contributed by atoms with Crippen molar-refractivity contribution in [3.63, 3.8) is 0 Å². The minimum Gasteiger partial charge on any atom is -0.394 e. The number of amides is 10. The Morgan fingerprint density at radius 1 is 0.718 bits per heavy atom. The second kappa shape index (κ2) is 27.3. The van der Waals surface area contributed by atoms with Gasteiger partial charge < -0.3 is 92.9 Å². The van der Waals surface area contributed by atoms with Crippen LogP contribution in [0.1, 0.15) is 80.6 Å². The summed E-state index contributed by atoms with van der Waals surface area (Å²) in [5.74, 6) is -9.25. The molecule has 3 aliphatic rings. The standard InChI is InChI=1S/C43H72N10O18/c1-8-18(2)29(41(68)47-24(16-54)37(64)50-30(19(3)56)36(44)63)49-39(66)26-12-10-14-53(26)42(69)31(20(4)57)48-28(60)15-45-40(67)32(51-38(65)25-11-9-13-52(25)23(7)59)21(5)70-43-33(46-22(6)58)35(62)34(61)27(17-55)71-43/h18-21,24-27,29-35,43,54-57,61-62H,8-17H2,1-7H3,(H2,44,63)(H,45,67)(H,46,58)(H,47,68)(H,48,60)(H,49,66)(H,50,64)(H,51,65)/t18-,19+,20+,21+,24-,25-,26-,27+,29-,30-,31-,32-,33+,34-,35+,43-/m0/s1. The van der Waals surface area contributed by atoms with Crippen LogP contribution in [0.5, 0.6) is 0 Å². The van der Waals surface area contributed by atoms with Gasteiger partial charge >= 0.3 is 0 Å². The third-order valence-corrected chi connectivity index (χ3v) is 12.6. The molecule has 0 saturated carbocycles. The second-order valence-electron chi connectivity index (χ2n) is 18.1. The van der Waals surface area contributed by atoms with Gasteiger partial charge in [-0.15, -0.1) is 0 Å². The number of carbonyl (C=O) groups is 10. The van der Waals surface area contributed by atoms with Crippen molar-refractivity contribution in [3.05, 3.63) is 0 Å². The molecule has 0 aliphatic carbocycles. The SMILES string of the molecule is CC[C@H](C)[C@H](NC(=O)[C@@H]1CCCN1C(=O)[C@@H](NC(=O)CNC(=O)[C@@H](NC(=O)[C@@H]1CCCN1C(C)=O)[C@@H](C)O[C@H]1O[C@H](CO)[C@H](O)[C@H](O)[C@H]1NC(C)=O)[C@@H](C)O)C(=O)N[C@@H](CO)C(=O)N[C@H](C(N)=O)[C@@H](C)O. The first-order valence-electron chi connectivity index (χ1n) is 23.5. The fourth-order valence-corrected chi connectivity index (χ4v) is 8.40. The van der Waals surface area contributed by atoms with Gasteiger partial charge in [-0.1, -0.05) is 20.3 Å². The normalized spacial score (nSPS) is 25.9. The molecule has 0 spiro atoms. The summed E-state index contributed by atoms with van der Waals surface area (Å²) in [6.07, 6.45) is -9.40. The lowest BCUT2D eigenvalue weighted by Gasteiger charge is -2.43. The number of nitrogens with two attached hydrogens (primary N) is 1. The van der Waals surface area contributed by atoms with Crippen LogP contribution in [0.25, 0.3) is 0 Å². The lowest BCUT2D eigenvalue weighted by Crippen LogP contribution is -2.66. The van der Waals surface area contributed by atoms with E-state index in [2.05, 4.69) is 37.2 Å². The van der Waals surface area contributed by atoms with Crippen LogP contribution in [0, 0.1) is 5.92 Å². The van der Waals surface area contributed by atoms with E-state index in [-0.39, 0.29) is 32.4 Å². The van der Waals surface area contributed by atoms with Gasteiger partial charge in [0.2, 0.25) is 59.1 Å². The first kappa shape index (κ1) is 59.7. The average Bonchev–Trinajstić information content (AvgIpc) is 4.02. The number of ether oxygens (including phenoxy) is 2. The smallest absolute Gasteiger partial charge is 0.248 e. The van der Waals surface area contributed by atoms with Gasteiger partial charge in [0.25, 0.3) is 0 Å². The number of primary amides is 1. The molecule has 10 amide bonds. The first-order chi connectivity index (χ1) is 33.3. The van der Waals surface area contributed by atoms with Gasteiger partial charge in [-0.25, -0.2) is 0 Å². The van der Waals surface area contributed by atoms with E-state index in [9.17, 15) is 78.6 Å². The highest BCUT2D eigenvalue weighted by Gasteiger charge is 2.48. The van der Waals surface area contributed by atoms with Crippen LogP contribution in [0.2, 0.25) is 0 Å². The van der Waals surface area contributed by atoms with Crippen LogP contribution in [0.3, 0.4) is 0 Å². The number of hydrogen-bond acceptors (Lipinski definition) is 18. The first-order valence-corrected chi connectivity index (χ1v) is 23.5. The van der Waals surface area contributed by atoms with E-state index < -0.39 is 176 Å². The van der Waals surface area contributed by atoms with Crippen LogP contribution in [-0.4, -0.2) is 224 Å². The Morgan fingerprint density at radius 2 is 1.28 bits per heavy atom. The predicted octanol–water partition coefficient (Wildman–Crippen LogP) is -7.84. The summed E-state index contributed by atoms with van der Waals surface area (Å²) < 4.78 is 11.6. The van der Waals surface area contributed by atoms with Gasteiger partial charge in [0.05, 0.1) is 38.1 Å². The number of nitrogens with zero attached hydrogens (tertiary/aromatic N) is 2. The van der Waals surface area contributed by atoms with Gasteiger partial charge in [0.15, 0.2) is 6.29 Å². The summed E-state index contributed by atoms with van der Waals surface area (Å²) in [6, 6.07) is -11.5. The summed E-state index contributed by atoms with van der Waals surface area (Å²) in [7, 11) is 0. The summed E-state index contributed by atoms with van der Waals surface area (Å²) in [5, 5.41) is 78.2. The molecule has 0 aromatic heterocycles. The summed E-state index contributed by atoms with van der Waals surface area (Å²) >= 11 is 0. The molecule has 0 bridgehead atoms. The molecule has 0 aromatic rings. The van der Waals surface area contributed by atoms with Crippen LogP contribution < -0.4 is 43.0 Å². The molecule has 3 rings (SSSR count). The van der Waals surface area contributed by atoms with Crippen molar-refractivity contribution in [1.29, 1.82) is 0 Å². The minimum absolute atomic E-state index is 0.0200. The third kappa shape index (κ3) is 15.9. The number of nitrogens with one attached hydrogen (secondary N) is 7. The van der Waals surface area contributed by atoms with Crippen molar-refractivity contribution >= 4 is 59.1 Å². The molecule has 3 fully saturated rings. The van der Waals surface area contributed by atoms with Crippen molar-refractivity contribution in [2.75, 3.05) is 32.8 Å². The van der Waals surface area contributed by atoms with Crippen molar-refractivity contribution in [3.8, 4) is 0 Å². The van der Waals surface area contributed by atoms with E-state index in [0.29, 0.717) is 12.8 Å². The predicted molar refractivity (Wildman–Crippen MR) is 243 cm³/mol. The summed E-state index contributed by atoms with van der Waals surface area (Å²) in [5.41, 5.74) is 5.23. The van der Waals surface area contributed by atoms with Gasteiger partial charge in [0.1, 0.15) is 66.6 Å². The van der Waals surface area contributed by atoms with Crippen LogP contribution >= 0.6 is 0 Å². The number of hydrogen-bond donors (Lipinski definition) is 14. The number of aliphatic hydroxyl groups excluding tert-OH is 6. The summed E-state index contributed by atoms with van der Waals surface area (Å²) in [4.78, 5) is 134. The van der Waals surface area contributed by atoms with Gasteiger partial charge in [-0.3, -0.25) is 47.9 Å². The Morgan fingerprint density at radius 3 is 1.79 bits per heavy atom. The van der Waals surface area contributed by atoms with Gasteiger partial charge in [-0.05, 0) is 52.4 Å². The maximum absolute atomic E-state index is 14.0. The average molecular weight is 1020 g/mol. The molecule has 3 saturated heterocycles. The Labute approximate surface area is 409 Å². The molecule has 3 heterocycles. The zero-order chi connectivity index (χ0) is 53.6. The highest BCUT2D eigenvalue weighted by molar-refractivity contribution is 5.98. The Bertz CT molecular complexity index is 1930. The van der Waals surface area contributed by atoms with E-state index in [1.807, 2.05) is 0 Å². The molecule has 28 nitrogen and oxygen atoms in total. The lowest BCUT2D eigenvalue weighted by atomic mass is 9.96. The molecule has 15 N–H and O–H groups in total. The van der Waals surface area contributed by atoms with E-state index >= 15 is 0 Å². The molecule has 16 atom stereocenters. The van der Waals surface area contributed by atoms with E-state index in [1.165, 1.54) is 32.6 Å². The Balaban J connectivity index is 1.78. The van der Waals surface area contributed by atoms with Crippen molar-refractivity contribution in [1.82, 2.24) is 47.0 Å². The highest BCUT2D eigenvalue weighted by atomic mass is 16.7. The monoisotopic (exact) mass is 1020 g/mol.